The van der Waals surface area contributed by atoms with E-state index in [1.54, 1.807) is 0 Å². The Labute approximate surface area is 118 Å². The molecule has 0 saturated carbocycles. The molecule has 1 saturated heterocycles. The fourth-order valence-corrected chi connectivity index (χ4v) is 3.22. The third-order valence-electron chi connectivity index (χ3n) is 4.56. The Balaban J connectivity index is 1.94. The summed E-state index contributed by atoms with van der Waals surface area (Å²) in [6.45, 7) is 7.08. The van der Waals surface area contributed by atoms with Crippen molar-refractivity contribution in [2.24, 2.45) is 0 Å². The standard InChI is InChI=1S/C17H28N2/c1-14-8-4-5-10-16(14)17(18-3)11-13-19-12-7-6-9-15(19)2/h4-5,8,10,15,17-18H,6-7,9,11-13H2,1-3H3. The van der Waals surface area contributed by atoms with Crippen molar-refractivity contribution in [3.8, 4) is 0 Å². The van der Waals surface area contributed by atoms with Gasteiger partial charge in [0, 0.05) is 18.6 Å². The minimum atomic E-state index is 0.482. The Hall–Kier alpha value is -0.860. The van der Waals surface area contributed by atoms with Crippen LogP contribution < -0.4 is 5.32 Å². The minimum Gasteiger partial charge on any atom is -0.313 e. The van der Waals surface area contributed by atoms with Crippen molar-refractivity contribution < 1.29 is 0 Å². The van der Waals surface area contributed by atoms with Gasteiger partial charge in [0.1, 0.15) is 0 Å². The molecular formula is C17H28N2. The quantitative estimate of drug-likeness (QED) is 0.871. The summed E-state index contributed by atoms with van der Waals surface area (Å²) in [6, 6.07) is 9.99. The SMILES string of the molecule is CNC(CCN1CCCCC1C)c1ccccc1C. The van der Waals surface area contributed by atoms with Crippen LogP contribution >= 0.6 is 0 Å². The van der Waals surface area contributed by atoms with Crippen LogP contribution in [-0.2, 0) is 0 Å². The van der Waals surface area contributed by atoms with E-state index in [1.807, 2.05) is 0 Å². The zero-order valence-corrected chi connectivity index (χ0v) is 12.7. The van der Waals surface area contributed by atoms with Crippen molar-refractivity contribution in [3.63, 3.8) is 0 Å². The lowest BCUT2D eigenvalue weighted by Crippen LogP contribution is -2.39. The van der Waals surface area contributed by atoms with Gasteiger partial charge in [0.15, 0.2) is 0 Å². The number of aryl methyl sites for hydroxylation is 1. The summed E-state index contributed by atoms with van der Waals surface area (Å²) in [7, 11) is 2.08. The highest BCUT2D eigenvalue weighted by Gasteiger charge is 2.19. The van der Waals surface area contributed by atoms with E-state index < -0.39 is 0 Å². The molecule has 1 aromatic rings. The predicted molar refractivity (Wildman–Crippen MR) is 82.5 cm³/mol. The third kappa shape index (κ3) is 3.80. The number of nitrogens with zero attached hydrogens (tertiary/aromatic N) is 1. The van der Waals surface area contributed by atoms with Crippen molar-refractivity contribution in [1.82, 2.24) is 10.2 Å². The molecule has 0 aliphatic carbocycles. The first-order valence-corrected chi connectivity index (χ1v) is 7.69. The van der Waals surface area contributed by atoms with E-state index >= 15 is 0 Å². The highest BCUT2D eigenvalue weighted by atomic mass is 15.2. The molecular weight excluding hydrogens is 232 g/mol. The molecule has 1 heterocycles. The maximum Gasteiger partial charge on any atom is 0.0332 e. The molecule has 2 unspecified atom stereocenters. The van der Waals surface area contributed by atoms with Gasteiger partial charge in [0.2, 0.25) is 0 Å². The minimum absolute atomic E-state index is 0.482. The molecule has 0 spiro atoms. The van der Waals surface area contributed by atoms with Crippen LogP contribution in [0.5, 0.6) is 0 Å². The van der Waals surface area contributed by atoms with Crippen LogP contribution in [0.25, 0.3) is 0 Å². The summed E-state index contributed by atoms with van der Waals surface area (Å²) in [4.78, 5) is 2.66. The molecule has 0 aromatic heterocycles. The first kappa shape index (κ1) is 14.5. The fourth-order valence-electron chi connectivity index (χ4n) is 3.22. The topological polar surface area (TPSA) is 15.3 Å². The second-order valence-electron chi connectivity index (χ2n) is 5.87. The maximum absolute atomic E-state index is 3.49. The van der Waals surface area contributed by atoms with E-state index in [0.29, 0.717) is 6.04 Å². The zero-order chi connectivity index (χ0) is 13.7. The Morgan fingerprint density at radius 2 is 2.11 bits per heavy atom. The Kier molecular flexibility index (Phi) is 5.41. The zero-order valence-electron chi connectivity index (χ0n) is 12.7. The maximum atomic E-state index is 3.49. The summed E-state index contributed by atoms with van der Waals surface area (Å²) < 4.78 is 0. The average molecular weight is 260 g/mol. The summed E-state index contributed by atoms with van der Waals surface area (Å²) in [5.74, 6) is 0. The van der Waals surface area contributed by atoms with Gasteiger partial charge in [0.25, 0.3) is 0 Å². The van der Waals surface area contributed by atoms with Gasteiger partial charge in [-0.3, -0.25) is 0 Å². The highest BCUT2D eigenvalue weighted by molar-refractivity contribution is 5.28. The molecule has 2 heteroatoms. The number of hydrogen-bond acceptors (Lipinski definition) is 2. The molecule has 2 nitrogen and oxygen atoms in total. The van der Waals surface area contributed by atoms with Crippen molar-refractivity contribution in [1.29, 1.82) is 0 Å². The molecule has 0 radical (unpaired) electrons. The molecule has 19 heavy (non-hydrogen) atoms. The number of likely N-dealkylation sites (tertiary alicyclic amines) is 1. The second kappa shape index (κ2) is 7.06. The molecule has 1 aromatic carbocycles. The number of piperidine rings is 1. The molecule has 106 valence electrons. The van der Waals surface area contributed by atoms with E-state index in [2.05, 4.69) is 55.4 Å². The van der Waals surface area contributed by atoms with Crippen LogP contribution in [0, 0.1) is 6.92 Å². The van der Waals surface area contributed by atoms with Gasteiger partial charge in [-0.2, -0.15) is 0 Å². The molecule has 2 atom stereocenters. The number of rotatable bonds is 5. The van der Waals surface area contributed by atoms with Gasteiger partial charge < -0.3 is 10.2 Å². The molecule has 2 rings (SSSR count). The molecule has 1 aliphatic rings. The summed E-state index contributed by atoms with van der Waals surface area (Å²) in [5.41, 5.74) is 2.85. The molecule has 1 aliphatic heterocycles. The Morgan fingerprint density at radius 1 is 1.32 bits per heavy atom. The van der Waals surface area contributed by atoms with Crippen LogP contribution in [0.2, 0.25) is 0 Å². The Bertz CT molecular complexity index is 389. The van der Waals surface area contributed by atoms with Crippen molar-refractivity contribution in [2.45, 2.75) is 51.6 Å². The van der Waals surface area contributed by atoms with Gasteiger partial charge in [0.05, 0.1) is 0 Å². The summed E-state index contributed by atoms with van der Waals surface area (Å²) >= 11 is 0. The molecule has 1 fully saturated rings. The van der Waals surface area contributed by atoms with Crippen LogP contribution in [0.4, 0.5) is 0 Å². The fraction of sp³-hybridized carbons (Fsp3) is 0.647. The molecule has 1 N–H and O–H groups in total. The van der Waals surface area contributed by atoms with Crippen molar-refractivity contribution in [3.05, 3.63) is 35.4 Å². The van der Waals surface area contributed by atoms with Crippen LogP contribution in [-0.4, -0.2) is 31.1 Å². The lowest BCUT2D eigenvalue weighted by molar-refractivity contribution is 0.154. The van der Waals surface area contributed by atoms with Crippen LogP contribution in [0.3, 0.4) is 0 Å². The van der Waals surface area contributed by atoms with E-state index in [-0.39, 0.29) is 0 Å². The highest BCUT2D eigenvalue weighted by Crippen LogP contribution is 2.23. The number of hydrogen-bond donors (Lipinski definition) is 1. The summed E-state index contributed by atoms with van der Waals surface area (Å²) in [5, 5.41) is 3.49. The van der Waals surface area contributed by atoms with Gasteiger partial charge in [-0.25, -0.2) is 0 Å². The Morgan fingerprint density at radius 3 is 2.79 bits per heavy atom. The van der Waals surface area contributed by atoms with E-state index in [9.17, 15) is 0 Å². The van der Waals surface area contributed by atoms with E-state index in [1.165, 1.54) is 49.9 Å². The second-order valence-corrected chi connectivity index (χ2v) is 5.87. The monoisotopic (exact) mass is 260 g/mol. The van der Waals surface area contributed by atoms with Crippen molar-refractivity contribution >= 4 is 0 Å². The van der Waals surface area contributed by atoms with Gasteiger partial charge in [-0.05, 0) is 57.8 Å². The lowest BCUT2D eigenvalue weighted by atomic mass is 9.97. The number of nitrogens with one attached hydrogen (secondary N) is 1. The lowest BCUT2D eigenvalue weighted by Gasteiger charge is -2.34. The summed E-state index contributed by atoms with van der Waals surface area (Å²) in [6.07, 6.45) is 5.35. The largest absolute Gasteiger partial charge is 0.313 e. The van der Waals surface area contributed by atoms with Gasteiger partial charge >= 0.3 is 0 Å². The smallest absolute Gasteiger partial charge is 0.0332 e. The molecule has 0 amide bonds. The third-order valence-corrected chi connectivity index (χ3v) is 4.56. The first-order valence-electron chi connectivity index (χ1n) is 7.69. The van der Waals surface area contributed by atoms with Crippen LogP contribution in [0.15, 0.2) is 24.3 Å². The van der Waals surface area contributed by atoms with E-state index in [0.717, 1.165) is 6.04 Å². The first-order chi connectivity index (χ1) is 9.22. The van der Waals surface area contributed by atoms with Crippen molar-refractivity contribution in [2.75, 3.05) is 20.1 Å². The van der Waals surface area contributed by atoms with Gasteiger partial charge in [-0.1, -0.05) is 30.7 Å². The van der Waals surface area contributed by atoms with Gasteiger partial charge in [-0.15, -0.1) is 0 Å². The van der Waals surface area contributed by atoms with E-state index in [4.69, 9.17) is 0 Å². The van der Waals surface area contributed by atoms with Crippen LogP contribution in [0.1, 0.15) is 49.8 Å². The molecule has 0 bridgehead atoms. The number of benzene rings is 1. The predicted octanol–water partition coefficient (Wildman–Crippen LogP) is 3.52. The average Bonchev–Trinajstić information content (AvgIpc) is 2.43. The normalized spacial score (nSPS) is 22.4.